The van der Waals surface area contributed by atoms with Crippen molar-refractivity contribution in [3.63, 3.8) is 0 Å². The molecule has 3 heteroatoms. The summed E-state index contributed by atoms with van der Waals surface area (Å²) in [6, 6.07) is 5.35. The van der Waals surface area contributed by atoms with E-state index in [4.69, 9.17) is 9.47 Å². The average molecular weight is 363 g/mol. The van der Waals surface area contributed by atoms with Gasteiger partial charge in [-0.15, -0.1) is 0 Å². The summed E-state index contributed by atoms with van der Waals surface area (Å²) in [7, 11) is 1.62. The molecule has 0 spiro atoms. The predicted molar refractivity (Wildman–Crippen MR) is 110 cm³/mol. The molecule has 26 heavy (non-hydrogen) atoms. The molecular weight excluding hydrogens is 324 g/mol. The van der Waals surface area contributed by atoms with Crippen LogP contribution in [0, 0.1) is 0 Å². The number of carbonyl (C=O) groups is 1. The highest BCUT2D eigenvalue weighted by atomic mass is 16.5. The minimum Gasteiger partial charge on any atom is -0.493 e. The number of hydrogen-bond donors (Lipinski definition) is 0. The summed E-state index contributed by atoms with van der Waals surface area (Å²) in [4.78, 5) is 11.5. The van der Waals surface area contributed by atoms with E-state index in [9.17, 15) is 4.79 Å². The Morgan fingerprint density at radius 1 is 0.808 bits per heavy atom. The highest BCUT2D eigenvalue weighted by Gasteiger charge is 2.08. The first-order valence-corrected chi connectivity index (χ1v) is 10.5. The molecule has 0 aliphatic rings. The maximum atomic E-state index is 11.5. The van der Waals surface area contributed by atoms with Gasteiger partial charge in [0.25, 0.3) is 0 Å². The van der Waals surface area contributed by atoms with Crippen LogP contribution in [0.3, 0.4) is 0 Å². The highest BCUT2D eigenvalue weighted by Crippen LogP contribution is 2.28. The number of ketones is 1. The average Bonchev–Trinajstić information content (AvgIpc) is 2.65. The summed E-state index contributed by atoms with van der Waals surface area (Å²) in [5.41, 5.74) is 0.662. The number of benzene rings is 1. The second-order valence-electron chi connectivity index (χ2n) is 7.16. The molecule has 1 aromatic rings. The molecule has 0 unspecified atom stereocenters. The Balaban J connectivity index is 2.05. The lowest BCUT2D eigenvalue weighted by Gasteiger charge is -2.11. The second-order valence-corrected chi connectivity index (χ2v) is 7.16. The summed E-state index contributed by atoms with van der Waals surface area (Å²) in [5.74, 6) is 1.40. The van der Waals surface area contributed by atoms with Gasteiger partial charge in [-0.1, -0.05) is 77.6 Å². The van der Waals surface area contributed by atoms with Gasteiger partial charge in [-0.3, -0.25) is 4.79 Å². The van der Waals surface area contributed by atoms with Crippen LogP contribution in [0.4, 0.5) is 0 Å². The zero-order valence-electron chi connectivity index (χ0n) is 17.1. The first-order valence-electron chi connectivity index (χ1n) is 10.5. The second kappa shape index (κ2) is 14.6. The number of rotatable bonds is 16. The molecule has 0 saturated heterocycles. The van der Waals surface area contributed by atoms with Crippen molar-refractivity contribution in [2.75, 3.05) is 13.7 Å². The molecule has 0 N–H and O–H groups in total. The topological polar surface area (TPSA) is 35.5 Å². The van der Waals surface area contributed by atoms with E-state index in [0.717, 1.165) is 6.42 Å². The van der Waals surface area contributed by atoms with Gasteiger partial charge in [0.05, 0.1) is 13.7 Å². The van der Waals surface area contributed by atoms with Crippen molar-refractivity contribution in [1.29, 1.82) is 0 Å². The molecule has 0 radical (unpaired) electrons. The van der Waals surface area contributed by atoms with Crippen LogP contribution in [0.15, 0.2) is 18.2 Å². The van der Waals surface area contributed by atoms with Crippen molar-refractivity contribution >= 4 is 5.78 Å². The molecule has 1 rings (SSSR count). The standard InChI is InChI=1S/C23H38O3/c1-4-5-6-7-8-9-10-11-12-13-14-15-18-26-23-19-21(20(2)24)16-17-22(23)25-3/h16-17,19H,4-15,18H2,1-3H3. The first kappa shape index (κ1) is 22.5. The number of hydrogen-bond acceptors (Lipinski definition) is 3. The molecular formula is C23H38O3. The Bertz CT molecular complexity index is 496. The number of ether oxygens (including phenoxy) is 2. The molecule has 0 aromatic heterocycles. The maximum Gasteiger partial charge on any atom is 0.161 e. The Hall–Kier alpha value is -1.51. The minimum absolute atomic E-state index is 0.0443. The largest absolute Gasteiger partial charge is 0.493 e. The van der Waals surface area contributed by atoms with Crippen LogP contribution in [-0.4, -0.2) is 19.5 Å². The third-order valence-corrected chi connectivity index (χ3v) is 4.83. The highest BCUT2D eigenvalue weighted by molar-refractivity contribution is 5.94. The van der Waals surface area contributed by atoms with Crippen LogP contribution in [0.1, 0.15) is 101 Å². The van der Waals surface area contributed by atoms with Gasteiger partial charge < -0.3 is 9.47 Å². The van der Waals surface area contributed by atoms with Crippen molar-refractivity contribution in [2.24, 2.45) is 0 Å². The molecule has 148 valence electrons. The lowest BCUT2D eigenvalue weighted by Crippen LogP contribution is -2.01. The lowest BCUT2D eigenvalue weighted by molar-refractivity contribution is 0.101. The van der Waals surface area contributed by atoms with E-state index < -0.39 is 0 Å². The van der Waals surface area contributed by atoms with Gasteiger partial charge >= 0.3 is 0 Å². The van der Waals surface area contributed by atoms with Crippen molar-refractivity contribution < 1.29 is 14.3 Å². The van der Waals surface area contributed by atoms with E-state index in [1.165, 1.54) is 70.6 Å². The summed E-state index contributed by atoms with van der Waals surface area (Å²) in [6.07, 6.45) is 16.0. The molecule has 0 bridgehead atoms. The first-order chi connectivity index (χ1) is 12.7. The number of unbranched alkanes of at least 4 members (excludes halogenated alkanes) is 11. The van der Waals surface area contributed by atoms with Gasteiger partial charge in [0, 0.05) is 5.56 Å². The molecule has 0 heterocycles. The fourth-order valence-corrected chi connectivity index (χ4v) is 3.13. The smallest absolute Gasteiger partial charge is 0.161 e. The van der Waals surface area contributed by atoms with Gasteiger partial charge in [0.1, 0.15) is 0 Å². The van der Waals surface area contributed by atoms with E-state index in [1.54, 1.807) is 32.2 Å². The molecule has 0 fully saturated rings. The van der Waals surface area contributed by atoms with Crippen LogP contribution in [-0.2, 0) is 0 Å². The van der Waals surface area contributed by atoms with Crippen LogP contribution < -0.4 is 9.47 Å². The number of Topliss-reactive ketones (excluding diaryl/α,β-unsaturated/α-hetero) is 1. The fourth-order valence-electron chi connectivity index (χ4n) is 3.13. The Morgan fingerprint density at radius 3 is 1.85 bits per heavy atom. The van der Waals surface area contributed by atoms with E-state index in [-0.39, 0.29) is 5.78 Å². The number of carbonyl (C=O) groups excluding carboxylic acids is 1. The van der Waals surface area contributed by atoms with Crippen molar-refractivity contribution in [1.82, 2.24) is 0 Å². The summed E-state index contributed by atoms with van der Waals surface area (Å²) >= 11 is 0. The van der Waals surface area contributed by atoms with Crippen molar-refractivity contribution in [3.05, 3.63) is 23.8 Å². The Labute approximate surface area is 160 Å². The molecule has 0 amide bonds. The predicted octanol–water partition coefficient (Wildman–Crippen LogP) is 6.98. The molecule has 0 atom stereocenters. The Morgan fingerprint density at radius 2 is 1.35 bits per heavy atom. The third kappa shape index (κ3) is 9.84. The van der Waals surface area contributed by atoms with E-state index in [2.05, 4.69) is 6.92 Å². The summed E-state index contributed by atoms with van der Waals surface area (Å²) in [5, 5.41) is 0. The Kier molecular flexibility index (Phi) is 12.7. The fraction of sp³-hybridized carbons (Fsp3) is 0.696. The zero-order valence-corrected chi connectivity index (χ0v) is 17.1. The monoisotopic (exact) mass is 362 g/mol. The van der Waals surface area contributed by atoms with Crippen LogP contribution in [0.25, 0.3) is 0 Å². The number of methoxy groups -OCH3 is 1. The quantitative estimate of drug-likeness (QED) is 0.235. The normalized spacial score (nSPS) is 10.7. The van der Waals surface area contributed by atoms with Crippen molar-refractivity contribution in [3.8, 4) is 11.5 Å². The molecule has 0 aliphatic heterocycles. The van der Waals surface area contributed by atoms with E-state index >= 15 is 0 Å². The van der Waals surface area contributed by atoms with E-state index in [1.807, 2.05) is 0 Å². The molecule has 0 saturated carbocycles. The summed E-state index contributed by atoms with van der Waals surface area (Å²) < 4.78 is 11.1. The van der Waals surface area contributed by atoms with Crippen molar-refractivity contribution in [2.45, 2.75) is 90.9 Å². The lowest BCUT2D eigenvalue weighted by atomic mass is 10.1. The van der Waals surface area contributed by atoms with Gasteiger partial charge in [0.2, 0.25) is 0 Å². The van der Waals surface area contributed by atoms with Crippen LogP contribution in [0.2, 0.25) is 0 Å². The SMILES string of the molecule is CCCCCCCCCCCCCCOc1cc(C(C)=O)ccc1OC. The van der Waals surface area contributed by atoms with E-state index in [0.29, 0.717) is 23.7 Å². The van der Waals surface area contributed by atoms with Gasteiger partial charge in [-0.2, -0.15) is 0 Å². The minimum atomic E-state index is 0.0443. The third-order valence-electron chi connectivity index (χ3n) is 4.83. The van der Waals surface area contributed by atoms with Crippen LogP contribution in [0.5, 0.6) is 11.5 Å². The van der Waals surface area contributed by atoms with Crippen LogP contribution >= 0.6 is 0 Å². The molecule has 3 nitrogen and oxygen atoms in total. The van der Waals surface area contributed by atoms with Gasteiger partial charge in [-0.05, 0) is 31.5 Å². The van der Waals surface area contributed by atoms with Gasteiger partial charge in [-0.25, -0.2) is 0 Å². The molecule has 1 aromatic carbocycles. The summed E-state index contributed by atoms with van der Waals surface area (Å²) in [6.45, 7) is 4.51. The maximum absolute atomic E-state index is 11.5. The molecule has 0 aliphatic carbocycles. The van der Waals surface area contributed by atoms with Gasteiger partial charge in [0.15, 0.2) is 17.3 Å². The zero-order chi connectivity index (χ0) is 19.0.